The van der Waals surface area contributed by atoms with Gasteiger partial charge < -0.3 is 5.32 Å². The Hall–Kier alpha value is -1.03. The first-order chi connectivity index (χ1) is 8.48. The third kappa shape index (κ3) is 3.05. The monoisotopic (exact) mass is 257 g/mol. The second kappa shape index (κ2) is 5.31. The second-order valence-corrected chi connectivity index (χ2v) is 5.01. The Kier molecular flexibility index (Phi) is 3.95. The Morgan fingerprint density at radius 3 is 2.50 bits per heavy atom. The Morgan fingerprint density at radius 2 is 1.94 bits per heavy atom. The summed E-state index contributed by atoms with van der Waals surface area (Å²) in [6.07, 6.45) is -0.635. The van der Waals surface area contributed by atoms with E-state index in [9.17, 15) is 13.2 Å². The number of hydrogen-bond donors (Lipinski definition) is 1. The first-order valence-electron chi connectivity index (χ1n) is 6.38. The minimum Gasteiger partial charge on any atom is -0.310 e. The average Bonchev–Trinajstić information content (AvgIpc) is 2.25. The summed E-state index contributed by atoms with van der Waals surface area (Å²) in [5, 5.41) is 3.21. The minimum absolute atomic E-state index is 0.261. The molecule has 0 saturated heterocycles. The highest BCUT2D eigenvalue weighted by atomic mass is 19.4. The first-order valence-corrected chi connectivity index (χ1v) is 6.38. The van der Waals surface area contributed by atoms with Gasteiger partial charge in [-0.1, -0.05) is 24.6 Å². The standard InChI is InChI=1S/C14H18F3N/c1-10(18-9-11-5-4-6-11)12-7-2-3-8-13(12)14(15,16)17/h2-3,7-8,10-11,18H,4-6,9H2,1H3. The molecule has 1 unspecified atom stereocenters. The molecule has 100 valence electrons. The lowest BCUT2D eigenvalue weighted by atomic mass is 9.85. The van der Waals surface area contributed by atoms with Gasteiger partial charge >= 0.3 is 6.18 Å². The molecule has 2 rings (SSSR count). The molecule has 0 heterocycles. The highest BCUT2D eigenvalue weighted by molar-refractivity contribution is 5.32. The van der Waals surface area contributed by atoms with Crippen LogP contribution in [0.1, 0.15) is 43.4 Å². The van der Waals surface area contributed by atoms with Crippen LogP contribution in [0.15, 0.2) is 24.3 Å². The second-order valence-electron chi connectivity index (χ2n) is 5.01. The molecule has 1 N–H and O–H groups in total. The first kappa shape index (κ1) is 13.4. The van der Waals surface area contributed by atoms with E-state index in [1.54, 1.807) is 19.1 Å². The van der Waals surface area contributed by atoms with Gasteiger partial charge in [-0.3, -0.25) is 0 Å². The van der Waals surface area contributed by atoms with Crippen molar-refractivity contribution in [2.45, 2.75) is 38.4 Å². The van der Waals surface area contributed by atoms with E-state index in [1.165, 1.54) is 25.3 Å². The van der Waals surface area contributed by atoms with Crippen LogP contribution in [0, 0.1) is 5.92 Å². The van der Waals surface area contributed by atoms with Crippen LogP contribution >= 0.6 is 0 Å². The van der Waals surface area contributed by atoms with Gasteiger partial charge in [0.15, 0.2) is 0 Å². The molecule has 1 saturated carbocycles. The largest absolute Gasteiger partial charge is 0.416 e. The van der Waals surface area contributed by atoms with Crippen LogP contribution in [0.25, 0.3) is 0 Å². The Bertz CT molecular complexity index is 396. The predicted molar refractivity (Wildman–Crippen MR) is 65.2 cm³/mol. The molecule has 0 bridgehead atoms. The molecule has 1 nitrogen and oxygen atoms in total. The third-order valence-electron chi connectivity index (χ3n) is 3.67. The number of halogens is 3. The van der Waals surface area contributed by atoms with Crippen molar-refractivity contribution in [1.82, 2.24) is 5.32 Å². The number of rotatable bonds is 4. The molecular formula is C14H18F3N. The molecule has 18 heavy (non-hydrogen) atoms. The molecule has 0 spiro atoms. The number of alkyl halides is 3. The van der Waals surface area contributed by atoms with Gasteiger partial charge in [0.05, 0.1) is 5.56 Å². The summed E-state index contributed by atoms with van der Waals surface area (Å²) in [6.45, 7) is 2.61. The molecule has 0 aliphatic heterocycles. The van der Waals surface area contributed by atoms with Crippen molar-refractivity contribution < 1.29 is 13.2 Å². The van der Waals surface area contributed by atoms with Crippen LogP contribution in [0.2, 0.25) is 0 Å². The lowest BCUT2D eigenvalue weighted by Crippen LogP contribution is -2.30. The summed E-state index contributed by atoms with van der Waals surface area (Å²) in [4.78, 5) is 0. The van der Waals surface area contributed by atoms with E-state index >= 15 is 0 Å². The maximum Gasteiger partial charge on any atom is 0.416 e. The van der Waals surface area contributed by atoms with E-state index < -0.39 is 11.7 Å². The van der Waals surface area contributed by atoms with Gasteiger partial charge in [-0.05, 0) is 43.9 Å². The highest BCUT2D eigenvalue weighted by Gasteiger charge is 2.34. The SMILES string of the molecule is CC(NCC1CCC1)c1ccccc1C(F)(F)F. The van der Waals surface area contributed by atoms with Crippen molar-refractivity contribution in [1.29, 1.82) is 0 Å². The lowest BCUT2D eigenvalue weighted by Gasteiger charge is -2.28. The topological polar surface area (TPSA) is 12.0 Å². The highest BCUT2D eigenvalue weighted by Crippen LogP contribution is 2.34. The predicted octanol–water partition coefficient (Wildman–Crippen LogP) is 4.16. The van der Waals surface area contributed by atoms with E-state index in [0.29, 0.717) is 11.5 Å². The summed E-state index contributed by atoms with van der Waals surface area (Å²) in [6, 6.07) is 5.54. The van der Waals surface area contributed by atoms with E-state index in [-0.39, 0.29) is 6.04 Å². The molecule has 1 aromatic rings. The zero-order valence-electron chi connectivity index (χ0n) is 10.4. The van der Waals surface area contributed by atoms with Gasteiger partial charge in [0, 0.05) is 6.04 Å². The zero-order valence-corrected chi connectivity index (χ0v) is 10.4. The fourth-order valence-corrected chi connectivity index (χ4v) is 2.28. The van der Waals surface area contributed by atoms with Crippen LogP contribution in [0.4, 0.5) is 13.2 Å². The molecule has 0 amide bonds. The Labute approximate surface area is 105 Å². The summed E-state index contributed by atoms with van der Waals surface area (Å²) in [5.74, 6) is 0.644. The van der Waals surface area contributed by atoms with Gasteiger partial charge in [0.1, 0.15) is 0 Å². The summed E-state index contributed by atoms with van der Waals surface area (Å²) >= 11 is 0. The van der Waals surface area contributed by atoms with E-state index in [2.05, 4.69) is 5.32 Å². The number of hydrogen-bond acceptors (Lipinski definition) is 1. The molecule has 0 radical (unpaired) electrons. The summed E-state index contributed by atoms with van der Waals surface area (Å²) in [5.41, 5.74) is -0.192. The van der Waals surface area contributed by atoms with Gasteiger partial charge in [-0.25, -0.2) is 0 Å². The molecule has 0 aromatic heterocycles. The van der Waals surface area contributed by atoms with Crippen molar-refractivity contribution >= 4 is 0 Å². The van der Waals surface area contributed by atoms with Crippen molar-refractivity contribution in [3.63, 3.8) is 0 Å². The number of nitrogens with one attached hydrogen (secondary N) is 1. The quantitative estimate of drug-likeness (QED) is 0.854. The van der Waals surface area contributed by atoms with Crippen LogP contribution < -0.4 is 5.32 Å². The van der Waals surface area contributed by atoms with Crippen LogP contribution in [-0.4, -0.2) is 6.54 Å². The summed E-state index contributed by atoms with van der Waals surface area (Å²) in [7, 11) is 0. The molecule has 1 aromatic carbocycles. The van der Waals surface area contributed by atoms with Gasteiger partial charge in [-0.15, -0.1) is 0 Å². The molecule has 1 aliphatic carbocycles. The zero-order chi connectivity index (χ0) is 13.2. The smallest absolute Gasteiger partial charge is 0.310 e. The fraction of sp³-hybridized carbons (Fsp3) is 0.571. The summed E-state index contributed by atoms with van der Waals surface area (Å²) < 4.78 is 38.6. The van der Waals surface area contributed by atoms with Crippen LogP contribution in [-0.2, 0) is 6.18 Å². The molecule has 1 atom stereocenters. The molecule has 4 heteroatoms. The van der Waals surface area contributed by atoms with E-state index in [1.807, 2.05) is 0 Å². The van der Waals surface area contributed by atoms with Gasteiger partial charge in [-0.2, -0.15) is 13.2 Å². The van der Waals surface area contributed by atoms with Crippen molar-refractivity contribution in [3.8, 4) is 0 Å². The third-order valence-corrected chi connectivity index (χ3v) is 3.67. The fourth-order valence-electron chi connectivity index (χ4n) is 2.28. The molecular weight excluding hydrogens is 239 g/mol. The lowest BCUT2D eigenvalue weighted by molar-refractivity contribution is -0.138. The van der Waals surface area contributed by atoms with Crippen LogP contribution in [0.5, 0.6) is 0 Å². The molecule has 1 aliphatic rings. The van der Waals surface area contributed by atoms with E-state index in [0.717, 1.165) is 12.6 Å². The van der Waals surface area contributed by atoms with Gasteiger partial charge in [0.25, 0.3) is 0 Å². The van der Waals surface area contributed by atoms with Crippen molar-refractivity contribution in [3.05, 3.63) is 35.4 Å². The van der Waals surface area contributed by atoms with E-state index in [4.69, 9.17) is 0 Å². The minimum atomic E-state index is -4.27. The maximum atomic E-state index is 12.9. The maximum absolute atomic E-state index is 12.9. The Morgan fingerprint density at radius 1 is 1.28 bits per heavy atom. The van der Waals surface area contributed by atoms with Gasteiger partial charge in [0.2, 0.25) is 0 Å². The number of benzene rings is 1. The average molecular weight is 257 g/mol. The Balaban J connectivity index is 2.06. The molecule has 1 fully saturated rings. The normalized spacial score (nSPS) is 18.4. The van der Waals surface area contributed by atoms with Crippen molar-refractivity contribution in [2.75, 3.05) is 6.54 Å². The van der Waals surface area contributed by atoms with Crippen molar-refractivity contribution in [2.24, 2.45) is 5.92 Å². The van der Waals surface area contributed by atoms with Crippen LogP contribution in [0.3, 0.4) is 0 Å².